The summed E-state index contributed by atoms with van der Waals surface area (Å²) >= 11 is 0. The molecule has 0 radical (unpaired) electrons. The van der Waals surface area contributed by atoms with Crippen molar-refractivity contribution >= 4 is 17.7 Å². The summed E-state index contributed by atoms with van der Waals surface area (Å²) in [6.45, 7) is 1.95. The minimum atomic E-state index is -0.384. The van der Waals surface area contributed by atoms with E-state index < -0.39 is 0 Å². The number of amides is 3. The van der Waals surface area contributed by atoms with Crippen LogP contribution in [0, 0.1) is 5.92 Å². The first-order chi connectivity index (χ1) is 8.58. The molecule has 2 fully saturated rings. The van der Waals surface area contributed by atoms with Crippen molar-refractivity contribution in [2.24, 2.45) is 5.92 Å². The van der Waals surface area contributed by atoms with Crippen LogP contribution in [0.15, 0.2) is 12.2 Å². The van der Waals surface area contributed by atoms with Gasteiger partial charge < -0.3 is 4.90 Å². The molecule has 2 heterocycles. The molecular formula is C13H16N2O3. The molecule has 5 heteroatoms. The Morgan fingerprint density at radius 2 is 1.94 bits per heavy atom. The number of hydrogen-bond donors (Lipinski definition) is 0. The van der Waals surface area contributed by atoms with Crippen molar-refractivity contribution in [3.63, 3.8) is 0 Å². The van der Waals surface area contributed by atoms with Crippen LogP contribution in [0.1, 0.15) is 26.2 Å². The Hall–Kier alpha value is -1.65. The number of nitrogens with zero attached hydrogens (tertiary/aromatic N) is 2. The lowest BCUT2D eigenvalue weighted by molar-refractivity contribution is -0.146. The lowest BCUT2D eigenvalue weighted by Crippen LogP contribution is -2.49. The Labute approximate surface area is 105 Å². The van der Waals surface area contributed by atoms with E-state index in [0.29, 0.717) is 12.0 Å². The molecule has 96 valence electrons. The molecule has 1 saturated carbocycles. The second kappa shape index (κ2) is 3.93. The molecule has 3 rings (SSSR count). The quantitative estimate of drug-likeness (QED) is 0.661. The topological polar surface area (TPSA) is 57.7 Å². The van der Waals surface area contributed by atoms with E-state index in [4.69, 9.17) is 0 Å². The highest BCUT2D eigenvalue weighted by atomic mass is 16.2. The van der Waals surface area contributed by atoms with E-state index in [-0.39, 0.29) is 30.3 Å². The zero-order valence-electron chi connectivity index (χ0n) is 10.3. The van der Waals surface area contributed by atoms with Crippen molar-refractivity contribution in [2.45, 2.75) is 38.3 Å². The first-order valence-corrected chi connectivity index (χ1v) is 6.42. The molecule has 18 heavy (non-hydrogen) atoms. The standard InChI is InChI=1S/C13H16N2O3/c1-8-9-2-3-10(6-9)15(8)13(18)7-14-11(16)4-5-12(14)17/h4-5,8-10H,2-3,6-7H2,1H3. The molecule has 0 aromatic rings. The fourth-order valence-electron chi connectivity index (χ4n) is 3.48. The fraction of sp³-hybridized carbons (Fsp3) is 0.615. The predicted octanol–water partition coefficient (Wildman–Crippen LogP) is 0.311. The van der Waals surface area contributed by atoms with E-state index in [0.717, 1.165) is 17.7 Å². The monoisotopic (exact) mass is 248 g/mol. The van der Waals surface area contributed by atoms with Gasteiger partial charge in [0, 0.05) is 24.2 Å². The first-order valence-electron chi connectivity index (χ1n) is 6.42. The third kappa shape index (κ3) is 1.57. The summed E-state index contributed by atoms with van der Waals surface area (Å²) in [5, 5.41) is 0. The first kappa shape index (κ1) is 11.4. The molecule has 2 bridgehead atoms. The zero-order valence-corrected chi connectivity index (χ0v) is 10.3. The molecule has 3 atom stereocenters. The van der Waals surface area contributed by atoms with Gasteiger partial charge in [0.15, 0.2) is 0 Å². The van der Waals surface area contributed by atoms with E-state index in [1.165, 1.54) is 18.6 Å². The largest absolute Gasteiger partial charge is 0.335 e. The smallest absolute Gasteiger partial charge is 0.254 e. The summed E-state index contributed by atoms with van der Waals surface area (Å²) < 4.78 is 0. The lowest BCUT2D eigenvalue weighted by Gasteiger charge is -2.34. The molecule has 0 aromatic heterocycles. The number of rotatable bonds is 2. The molecule has 0 spiro atoms. The van der Waals surface area contributed by atoms with Gasteiger partial charge in [-0.2, -0.15) is 0 Å². The van der Waals surface area contributed by atoms with Crippen LogP contribution in [0.4, 0.5) is 0 Å². The van der Waals surface area contributed by atoms with Crippen molar-refractivity contribution < 1.29 is 14.4 Å². The Bertz CT molecular complexity index is 437. The van der Waals surface area contributed by atoms with Crippen LogP contribution in [0.3, 0.4) is 0 Å². The normalized spacial score (nSPS) is 33.9. The molecule has 0 N–H and O–H groups in total. The number of carbonyl (C=O) groups excluding carboxylic acids is 3. The van der Waals surface area contributed by atoms with Gasteiger partial charge in [-0.15, -0.1) is 0 Å². The van der Waals surface area contributed by atoms with Crippen LogP contribution in [0.5, 0.6) is 0 Å². The number of imide groups is 1. The van der Waals surface area contributed by atoms with Crippen LogP contribution in [-0.4, -0.2) is 46.1 Å². The summed E-state index contributed by atoms with van der Waals surface area (Å²) in [5.74, 6) is -0.266. The Kier molecular flexibility index (Phi) is 2.50. The number of likely N-dealkylation sites (tertiary alicyclic amines) is 1. The van der Waals surface area contributed by atoms with Crippen LogP contribution in [-0.2, 0) is 14.4 Å². The van der Waals surface area contributed by atoms with Gasteiger partial charge in [0.2, 0.25) is 5.91 Å². The van der Waals surface area contributed by atoms with Gasteiger partial charge in [-0.1, -0.05) is 0 Å². The molecule has 2 aliphatic heterocycles. The molecule has 3 unspecified atom stereocenters. The molecular weight excluding hydrogens is 232 g/mol. The summed E-state index contributed by atoms with van der Waals surface area (Å²) in [6.07, 6.45) is 5.76. The summed E-state index contributed by atoms with van der Waals surface area (Å²) in [5.41, 5.74) is 0. The second-order valence-corrected chi connectivity index (χ2v) is 5.36. The van der Waals surface area contributed by atoms with Gasteiger partial charge in [0.25, 0.3) is 11.8 Å². The number of hydrogen-bond acceptors (Lipinski definition) is 3. The number of piperidine rings is 1. The van der Waals surface area contributed by atoms with Crippen molar-refractivity contribution in [3.8, 4) is 0 Å². The van der Waals surface area contributed by atoms with Gasteiger partial charge in [-0.05, 0) is 32.1 Å². The van der Waals surface area contributed by atoms with Crippen molar-refractivity contribution in [3.05, 3.63) is 12.2 Å². The Morgan fingerprint density at radius 3 is 2.50 bits per heavy atom. The zero-order chi connectivity index (χ0) is 12.9. The third-order valence-electron chi connectivity index (χ3n) is 4.44. The lowest BCUT2D eigenvalue weighted by atomic mass is 10.0. The average molecular weight is 248 g/mol. The molecule has 1 saturated heterocycles. The maximum Gasteiger partial charge on any atom is 0.254 e. The molecule has 1 aliphatic carbocycles. The Balaban J connectivity index is 1.69. The molecule has 3 amide bonds. The van der Waals surface area contributed by atoms with Gasteiger partial charge in [-0.25, -0.2) is 0 Å². The van der Waals surface area contributed by atoms with Gasteiger partial charge in [0.1, 0.15) is 6.54 Å². The van der Waals surface area contributed by atoms with E-state index in [1.807, 2.05) is 4.90 Å². The van der Waals surface area contributed by atoms with E-state index in [1.54, 1.807) is 0 Å². The SMILES string of the molecule is CC1C2CCC(C2)N1C(=O)CN1C(=O)C=CC1=O. The minimum Gasteiger partial charge on any atom is -0.335 e. The summed E-state index contributed by atoms with van der Waals surface area (Å²) in [4.78, 5) is 38.0. The maximum absolute atomic E-state index is 12.2. The van der Waals surface area contributed by atoms with Crippen LogP contribution in [0.2, 0.25) is 0 Å². The van der Waals surface area contributed by atoms with Crippen LogP contribution >= 0.6 is 0 Å². The highest BCUT2D eigenvalue weighted by molar-refractivity contribution is 6.14. The van der Waals surface area contributed by atoms with Gasteiger partial charge in [-0.3, -0.25) is 19.3 Å². The molecule has 0 aromatic carbocycles. The number of carbonyl (C=O) groups is 3. The van der Waals surface area contributed by atoms with E-state index in [9.17, 15) is 14.4 Å². The highest BCUT2D eigenvalue weighted by Crippen LogP contribution is 2.42. The summed E-state index contributed by atoms with van der Waals surface area (Å²) in [6, 6.07) is 0.565. The van der Waals surface area contributed by atoms with E-state index >= 15 is 0 Å². The molecule has 5 nitrogen and oxygen atoms in total. The van der Waals surface area contributed by atoms with Crippen molar-refractivity contribution in [1.29, 1.82) is 0 Å². The summed E-state index contributed by atoms with van der Waals surface area (Å²) in [7, 11) is 0. The fourth-order valence-corrected chi connectivity index (χ4v) is 3.48. The minimum absolute atomic E-state index is 0.0971. The van der Waals surface area contributed by atoms with Crippen molar-refractivity contribution in [1.82, 2.24) is 9.80 Å². The Morgan fingerprint density at radius 1 is 1.28 bits per heavy atom. The molecule has 3 aliphatic rings. The maximum atomic E-state index is 12.2. The van der Waals surface area contributed by atoms with Crippen molar-refractivity contribution in [2.75, 3.05) is 6.54 Å². The average Bonchev–Trinajstić information content (AvgIpc) is 2.99. The van der Waals surface area contributed by atoms with Gasteiger partial charge >= 0.3 is 0 Å². The predicted molar refractivity (Wildman–Crippen MR) is 63.3 cm³/mol. The van der Waals surface area contributed by atoms with Crippen LogP contribution in [0.25, 0.3) is 0 Å². The third-order valence-corrected chi connectivity index (χ3v) is 4.44. The number of fused-ring (bicyclic) bond motifs is 2. The second-order valence-electron chi connectivity index (χ2n) is 5.36. The van der Waals surface area contributed by atoms with Gasteiger partial charge in [0.05, 0.1) is 0 Å². The van der Waals surface area contributed by atoms with Crippen LogP contribution < -0.4 is 0 Å². The van der Waals surface area contributed by atoms with E-state index in [2.05, 4.69) is 6.92 Å². The highest BCUT2D eigenvalue weighted by Gasteiger charge is 2.46.